The average molecular weight is 462 g/mol. The Morgan fingerprint density at radius 1 is 1.03 bits per heavy atom. The third-order valence-electron chi connectivity index (χ3n) is 4.63. The first-order valence-corrected chi connectivity index (χ1v) is 9.68. The van der Waals surface area contributed by atoms with Gasteiger partial charge >= 0.3 is 0 Å². The van der Waals surface area contributed by atoms with Gasteiger partial charge in [-0.1, -0.05) is 41.9 Å². The third kappa shape index (κ3) is 7.85. The van der Waals surface area contributed by atoms with Crippen molar-refractivity contribution >= 4 is 11.6 Å². The van der Waals surface area contributed by atoms with Crippen molar-refractivity contribution in [2.45, 2.75) is 13.2 Å². The Hall–Kier alpha value is -1.21. The molecule has 8 heteroatoms. The van der Waals surface area contributed by atoms with E-state index in [0.717, 1.165) is 68.6 Å². The highest BCUT2D eigenvalue weighted by Gasteiger charge is 2.13. The van der Waals surface area contributed by atoms with Gasteiger partial charge < -0.3 is 44.3 Å². The van der Waals surface area contributed by atoms with Crippen LogP contribution in [-0.4, -0.2) is 51.4 Å². The number of nitrogens with one attached hydrogen (secondary N) is 1. The first kappa shape index (κ1) is 25.8. The summed E-state index contributed by atoms with van der Waals surface area (Å²) in [4.78, 5) is 2.41. The van der Waals surface area contributed by atoms with Crippen LogP contribution in [0, 0.1) is 0 Å². The maximum atomic E-state index is 6.24. The molecule has 0 unspecified atom stereocenters. The van der Waals surface area contributed by atoms with Crippen LogP contribution in [0.2, 0.25) is 5.02 Å². The lowest BCUT2D eigenvalue weighted by molar-refractivity contribution is -0.001000. The van der Waals surface area contributed by atoms with Crippen molar-refractivity contribution in [2.75, 3.05) is 46.5 Å². The molecule has 2 aromatic rings. The number of halogens is 3. The maximum Gasteiger partial charge on any atom is 0.166 e. The maximum absolute atomic E-state index is 6.24. The lowest BCUT2D eigenvalue weighted by atomic mass is 10.1. The summed E-state index contributed by atoms with van der Waals surface area (Å²) in [6.45, 7) is 6.73. The molecule has 162 valence electrons. The van der Waals surface area contributed by atoms with Gasteiger partial charge in [0.05, 0.1) is 20.3 Å². The van der Waals surface area contributed by atoms with Crippen molar-refractivity contribution in [2.24, 2.45) is 0 Å². The van der Waals surface area contributed by atoms with Gasteiger partial charge in [0.1, 0.15) is 6.61 Å². The van der Waals surface area contributed by atoms with Crippen molar-refractivity contribution < 1.29 is 39.0 Å². The van der Waals surface area contributed by atoms with E-state index < -0.39 is 0 Å². The van der Waals surface area contributed by atoms with E-state index in [9.17, 15) is 0 Å². The highest BCUT2D eigenvalue weighted by Crippen LogP contribution is 2.32. The van der Waals surface area contributed by atoms with Crippen molar-refractivity contribution in [1.82, 2.24) is 10.2 Å². The van der Waals surface area contributed by atoms with Crippen LogP contribution in [0.1, 0.15) is 11.1 Å². The van der Waals surface area contributed by atoms with E-state index in [4.69, 9.17) is 25.8 Å². The van der Waals surface area contributed by atoms with E-state index in [2.05, 4.69) is 16.3 Å². The molecule has 0 aliphatic carbocycles. The largest absolute Gasteiger partial charge is 1.00 e. The summed E-state index contributed by atoms with van der Waals surface area (Å²) in [7, 11) is 1.66. The summed E-state index contributed by atoms with van der Waals surface area (Å²) in [5.41, 5.74) is 2.03. The van der Waals surface area contributed by atoms with Crippen LogP contribution in [0.15, 0.2) is 42.5 Å². The monoisotopic (exact) mass is 460 g/mol. The number of morpholine rings is 1. The number of hydrogen-bond donors (Lipinski definition) is 1. The summed E-state index contributed by atoms with van der Waals surface area (Å²) in [5, 5.41) is 4.21. The first-order chi connectivity index (χ1) is 13.3. The minimum absolute atomic E-state index is 0. The lowest BCUT2D eigenvalue weighted by Gasteiger charge is -2.26. The molecule has 0 radical (unpaired) electrons. The Morgan fingerprint density at radius 3 is 2.48 bits per heavy atom. The number of hydrogen-bond acceptors (Lipinski definition) is 5. The minimum atomic E-state index is 0. The van der Waals surface area contributed by atoms with E-state index in [1.807, 2.05) is 36.4 Å². The second-order valence-electron chi connectivity index (χ2n) is 6.46. The SMILES string of the molecule is COc1cccc(CNCCN2CCOCC2)c1OCc1ccccc1Cl.[Cl-].[Cl-]. The standard InChI is InChI=1S/C21H27ClN2O3.2ClH/c1-25-20-8-4-6-17(15-23-9-10-24-11-13-26-14-12-24)21(20)27-16-18-5-2-3-7-19(18)22;;/h2-8,23H,9-16H2,1H3;2*1H/p-2. The zero-order chi connectivity index (χ0) is 18.9. The van der Waals surface area contributed by atoms with Crippen LogP contribution in [-0.2, 0) is 17.9 Å². The van der Waals surface area contributed by atoms with E-state index in [0.29, 0.717) is 11.6 Å². The number of para-hydroxylation sites is 1. The summed E-state index contributed by atoms with van der Waals surface area (Å²) >= 11 is 6.24. The molecule has 0 spiro atoms. The predicted octanol–water partition coefficient (Wildman–Crippen LogP) is -2.64. The molecule has 2 aromatic carbocycles. The highest BCUT2D eigenvalue weighted by molar-refractivity contribution is 6.31. The van der Waals surface area contributed by atoms with E-state index in [1.165, 1.54) is 0 Å². The predicted molar refractivity (Wildman–Crippen MR) is 108 cm³/mol. The topological polar surface area (TPSA) is 43.0 Å². The summed E-state index contributed by atoms with van der Waals surface area (Å²) in [5.74, 6) is 1.49. The van der Waals surface area contributed by atoms with Crippen LogP contribution in [0.5, 0.6) is 11.5 Å². The number of ether oxygens (including phenoxy) is 3. The summed E-state index contributed by atoms with van der Waals surface area (Å²) in [6.07, 6.45) is 0. The van der Waals surface area contributed by atoms with Gasteiger partial charge in [0.25, 0.3) is 0 Å². The molecule has 1 heterocycles. The van der Waals surface area contributed by atoms with Crippen LogP contribution < -0.4 is 39.6 Å². The average Bonchev–Trinajstić information content (AvgIpc) is 2.71. The van der Waals surface area contributed by atoms with Crippen molar-refractivity contribution in [3.05, 3.63) is 58.6 Å². The fraction of sp³-hybridized carbons (Fsp3) is 0.429. The summed E-state index contributed by atoms with van der Waals surface area (Å²) < 4.78 is 17.0. The van der Waals surface area contributed by atoms with Crippen LogP contribution in [0.25, 0.3) is 0 Å². The zero-order valence-electron chi connectivity index (χ0n) is 16.5. The quantitative estimate of drug-likeness (QED) is 0.414. The van der Waals surface area contributed by atoms with Crippen molar-refractivity contribution in [3.8, 4) is 11.5 Å². The van der Waals surface area contributed by atoms with Gasteiger partial charge in [-0.3, -0.25) is 4.90 Å². The fourth-order valence-electron chi connectivity index (χ4n) is 3.08. The lowest BCUT2D eigenvalue weighted by Crippen LogP contribution is -3.00. The molecule has 0 amide bonds. The third-order valence-corrected chi connectivity index (χ3v) is 5.00. The Bertz CT molecular complexity index is 728. The Morgan fingerprint density at radius 2 is 1.76 bits per heavy atom. The molecule has 0 bridgehead atoms. The highest BCUT2D eigenvalue weighted by atomic mass is 35.5. The Balaban J connectivity index is 0.00000210. The molecule has 29 heavy (non-hydrogen) atoms. The number of rotatable bonds is 9. The molecule has 0 atom stereocenters. The molecule has 0 saturated carbocycles. The van der Waals surface area contributed by atoms with Gasteiger partial charge in [-0.15, -0.1) is 0 Å². The minimum Gasteiger partial charge on any atom is -1.00 e. The second-order valence-corrected chi connectivity index (χ2v) is 6.87. The van der Waals surface area contributed by atoms with Crippen LogP contribution >= 0.6 is 11.6 Å². The summed E-state index contributed by atoms with van der Waals surface area (Å²) in [6, 6.07) is 13.7. The normalized spacial score (nSPS) is 13.9. The van der Waals surface area contributed by atoms with Gasteiger partial charge in [-0.2, -0.15) is 0 Å². The molecular weight excluding hydrogens is 435 g/mol. The number of methoxy groups -OCH3 is 1. The number of benzene rings is 2. The Labute approximate surface area is 190 Å². The first-order valence-electron chi connectivity index (χ1n) is 9.31. The molecule has 1 aliphatic rings. The smallest absolute Gasteiger partial charge is 0.166 e. The fourth-order valence-corrected chi connectivity index (χ4v) is 3.27. The molecule has 1 saturated heterocycles. The van der Waals surface area contributed by atoms with Gasteiger partial charge in [-0.25, -0.2) is 0 Å². The van der Waals surface area contributed by atoms with Gasteiger partial charge in [0.2, 0.25) is 0 Å². The second kappa shape index (κ2) is 13.9. The van der Waals surface area contributed by atoms with Crippen molar-refractivity contribution in [3.63, 3.8) is 0 Å². The van der Waals surface area contributed by atoms with Gasteiger partial charge in [0.15, 0.2) is 11.5 Å². The molecule has 5 nitrogen and oxygen atoms in total. The van der Waals surface area contributed by atoms with Crippen molar-refractivity contribution in [1.29, 1.82) is 0 Å². The van der Waals surface area contributed by atoms with E-state index >= 15 is 0 Å². The zero-order valence-corrected chi connectivity index (χ0v) is 18.8. The van der Waals surface area contributed by atoms with Crippen LogP contribution in [0.3, 0.4) is 0 Å². The molecule has 1 aliphatic heterocycles. The molecule has 1 fully saturated rings. The molecule has 1 N–H and O–H groups in total. The number of nitrogens with zero attached hydrogens (tertiary/aromatic N) is 1. The van der Waals surface area contributed by atoms with E-state index in [-0.39, 0.29) is 24.8 Å². The van der Waals surface area contributed by atoms with Gasteiger partial charge in [0, 0.05) is 48.9 Å². The molecule has 0 aromatic heterocycles. The van der Waals surface area contributed by atoms with Gasteiger partial charge in [-0.05, 0) is 12.1 Å². The Kier molecular flexibility index (Phi) is 12.4. The van der Waals surface area contributed by atoms with E-state index in [1.54, 1.807) is 7.11 Å². The van der Waals surface area contributed by atoms with Crippen LogP contribution in [0.4, 0.5) is 0 Å². The molecular formula is C21H27Cl3N2O3-2. The molecule has 3 rings (SSSR count).